The number of rotatable bonds is 2. The van der Waals surface area contributed by atoms with Crippen LogP contribution in [0.2, 0.25) is 25.7 Å². The minimum absolute atomic E-state index is 0.189. The van der Waals surface area contributed by atoms with Crippen molar-refractivity contribution in [3.8, 4) is 0 Å². The highest BCUT2D eigenvalue weighted by atomic mass is 28.3. The molecule has 0 fully saturated rings. The first kappa shape index (κ1) is 14.7. The number of Topliss-reactive ketones (excluding diaryl/α,β-unsaturated/α-hetero) is 1. The van der Waals surface area contributed by atoms with E-state index in [2.05, 4.69) is 53.4 Å². The van der Waals surface area contributed by atoms with Crippen molar-refractivity contribution in [3.05, 3.63) is 11.6 Å². The third-order valence-corrected chi connectivity index (χ3v) is 5.07. The summed E-state index contributed by atoms with van der Waals surface area (Å²) >= 11 is 0. The molecule has 0 aromatic heterocycles. The highest BCUT2D eigenvalue weighted by molar-refractivity contribution is 6.76. The molecule has 1 aliphatic rings. The molecular formula is C15H28OSi. The number of carbonyl (C=O) groups excluding carboxylic acids is 1. The van der Waals surface area contributed by atoms with Gasteiger partial charge in [-0.05, 0) is 18.9 Å². The molecular weight excluding hydrogens is 224 g/mol. The third-order valence-electron chi connectivity index (χ3n) is 3.56. The van der Waals surface area contributed by atoms with Gasteiger partial charge in [-0.15, -0.1) is 0 Å². The van der Waals surface area contributed by atoms with Crippen molar-refractivity contribution in [2.75, 3.05) is 0 Å². The predicted molar refractivity (Wildman–Crippen MR) is 78.0 cm³/mol. The van der Waals surface area contributed by atoms with Crippen molar-refractivity contribution in [1.29, 1.82) is 0 Å². The molecule has 0 saturated carbocycles. The largest absolute Gasteiger partial charge is 0.298 e. The molecule has 0 aromatic rings. The summed E-state index contributed by atoms with van der Waals surface area (Å²) in [6.45, 7) is 15.6. The maximum absolute atomic E-state index is 12.5. The van der Waals surface area contributed by atoms with Crippen molar-refractivity contribution < 1.29 is 4.79 Å². The Morgan fingerprint density at radius 2 is 1.65 bits per heavy atom. The Morgan fingerprint density at radius 3 is 2.12 bits per heavy atom. The molecule has 2 heteroatoms. The van der Waals surface area contributed by atoms with Crippen LogP contribution in [-0.4, -0.2) is 13.9 Å². The zero-order valence-corrected chi connectivity index (χ0v) is 13.6. The molecule has 0 N–H and O–H groups in total. The Morgan fingerprint density at radius 1 is 1.12 bits per heavy atom. The van der Waals surface area contributed by atoms with Crippen LogP contribution in [0.1, 0.15) is 40.5 Å². The lowest BCUT2D eigenvalue weighted by Gasteiger charge is -2.31. The van der Waals surface area contributed by atoms with Crippen molar-refractivity contribution in [1.82, 2.24) is 0 Å². The molecule has 0 unspecified atom stereocenters. The second-order valence-electron chi connectivity index (χ2n) is 8.08. The van der Waals surface area contributed by atoms with E-state index in [1.807, 2.05) is 0 Å². The van der Waals surface area contributed by atoms with Crippen LogP contribution in [0, 0.1) is 10.8 Å². The third kappa shape index (κ3) is 3.80. The second kappa shape index (κ2) is 4.38. The van der Waals surface area contributed by atoms with Crippen molar-refractivity contribution in [3.63, 3.8) is 0 Å². The van der Waals surface area contributed by atoms with Gasteiger partial charge in [-0.25, -0.2) is 0 Å². The van der Waals surface area contributed by atoms with Crippen LogP contribution in [0.3, 0.4) is 0 Å². The molecule has 0 radical (unpaired) electrons. The summed E-state index contributed by atoms with van der Waals surface area (Å²) in [7, 11) is -1.08. The van der Waals surface area contributed by atoms with Crippen molar-refractivity contribution >= 4 is 13.9 Å². The van der Waals surface area contributed by atoms with Crippen LogP contribution >= 0.6 is 0 Å². The van der Waals surface area contributed by atoms with Gasteiger partial charge in [-0.3, -0.25) is 4.79 Å². The van der Waals surface area contributed by atoms with Crippen LogP contribution in [-0.2, 0) is 4.79 Å². The number of ketones is 1. The van der Waals surface area contributed by atoms with E-state index in [4.69, 9.17) is 0 Å². The topological polar surface area (TPSA) is 17.1 Å². The van der Waals surface area contributed by atoms with E-state index in [0.717, 1.165) is 12.8 Å². The average molecular weight is 252 g/mol. The summed E-state index contributed by atoms with van der Waals surface area (Å²) < 4.78 is 0. The molecule has 0 amide bonds. The van der Waals surface area contributed by atoms with Crippen molar-refractivity contribution in [2.24, 2.45) is 10.8 Å². The SMILES string of the molecule is CC1(C)CC=C(C[Si](C)(C)C)CC(C)(C)C1=O. The Hall–Kier alpha value is -0.373. The van der Waals surface area contributed by atoms with Crippen LogP contribution in [0.15, 0.2) is 11.6 Å². The monoisotopic (exact) mass is 252 g/mol. The maximum atomic E-state index is 12.5. The molecule has 0 aliphatic heterocycles. The van der Waals surface area contributed by atoms with Crippen LogP contribution in [0.4, 0.5) is 0 Å². The summed E-state index contributed by atoms with van der Waals surface area (Å²) in [5.74, 6) is 0.423. The first-order valence-corrected chi connectivity index (χ1v) is 10.4. The molecule has 98 valence electrons. The van der Waals surface area contributed by atoms with E-state index >= 15 is 0 Å². The van der Waals surface area contributed by atoms with Gasteiger partial charge in [0.15, 0.2) is 0 Å². The molecule has 0 spiro atoms. The lowest BCUT2D eigenvalue weighted by molar-refractivity contribution is -0.135. The summed E-state index contributed by atoms with van der Waals surface area (Å²) in [5, 5.41) is 0. The van der Waals surface area contributed by atoms with Crippen LogP contribution < -0.4 is 0 Å². The molecule has 1 rings (SSSR count). The van der Waals surface area contributed by atoms with E-state index in [-0.39, 0.29) is 10.8 Å². The van der Waals surface area contributed by atoms with Gasteiger partial charge >= 0.3 is 0 Å². The normalized spacial score (nSPS) is 24.2. The number of carbonyl (C=O) groups is 1. The summed E-state index contributed by atoms with van der Waals surface area (Å²) in [5.41, 5.74) is 1.14. The first-order chi connectivity index (χ1) is 7.44. The maximum Gasteiger partial charge on any atom is 0.144 e. The summed E-state index contributed by atoms with van der Waals surface area (Å²) in [6, 6.07) is 1.24. The molecule has 0 heterocycles. The lowest BCUT2D eigenvalue weighted by atomic mass is 9.72. The minimum Gasteiger partial charge on any atom is -0.298 e. The van der Waals surface area contributed by atoms with Gasteiger partial charge in [0.2, 0.25) is 0 Å². The van der Waals surface area contributed by atoms with Gasteiger partial charge in [-0.2, -0.15) is 0 Å². The number of hydrogen-bond donors (Lipinski definition) is 0. The minimum atomic E-state index is -1.08. The van der Waals surface area contributed by atoms with Crippen LogP contribution in [0.5, 0.6) is 0 Å². The molecule has 1 aliphatic carbocycles. The van der Waals surface area contributed by atoms with Gasteiger partial charge < -0.3 is 0 Å². The lowest BCUT2D eigenvalue weighted by Crippen LogP contribution is -2.35. The number of allylic oxidation sites excluding steroid dienone is 2. The van der Waals surface area contributed by atoms with Gasteiger partial charge in [0.1, 0.15) is 5.78 Å². The fourth-order valence-electron chi connectivity index (χ4n) is 2.94. The summed E-state index contributed by atoms with van der Waals surface area (Å²) in [6.07, 6.45) is 4.22. The molecule has 17 heavy (non-hydrogen) atoms. The highest BCUT2D eigenvalue weighted by Crippen LogP contribution is 2.42. The Balaban J connectivity index is 2.99. The van der Waals surface area contributed by atoms with Crippen molar-refractivity contribution in [2.45, 2.75) is 66.2 Å². The molecule has 0 atom stereocenters. The summed E-state index contributed by atoms with van der Waals surface area (Å²) in [4.78, 5) is 12.5. The molecule has 1 nitrogen and oxygen atoms in total. The van der Waals surface area contributed by atoms with E-state index in [0.29, 0.717) is 5.78 Å². The Bertz CT molecular complexity index is 342. The fourth-order valence-corrected chi connectivity index (χ4v) is 4.58. The predicted octanol–water partition coefficient (Wildman–Crippen LogP) is 4.67. The van der Waals surface area contributed by atoms with Gasteiger partial charge in [0, 0.05) is 18.9 Å². The van der Waals surface area contributed by atoms with E-state index in [9.17, 15) is 4.79 Å². The number of hydrogen-bond acceptors (Lipinski definition) is 1. The van der Waals surface area contributed by atoms with Crippen LogP contribution in [0.25, 0.3) is 0 Å². The Kier molecular flexibility index (Phi) is 3.78. The molecule has 0 bridgehead atoms. The van der Waals surface area contributed by atoms with E-state index < -0.39 is 8.07 Å². The van der Waals surface area contributed by atoms with Gasteiger partial charge in [0.25, 0.3) is 0 Å². The first-order valence-electron chi connectivity index (χ1n) is 6.67. The average Bonchev–Trinajstić information content (AvgIpc) is 2.15. The fraction of sp³-hybridized carbons (Fsp3) is 0.800. The quantitative estimate of drug-likeness (QED) is 0.516. The van der Waals surface area contributed by atoms with E-state index in [1.54, 1.807) is 0 Å². The zero-order valence-electron chi connectivity index (χ0n) is 12.6. The smallest absolute Gasteiger partial charge is 0.144 e. The zero-order chi connectivity index (χ0) is 13.5. The second-order valence-corrected chi connectivity index (χ2v) is 13.6. The highest BCUT2D eigenvalue weighted by Gasteiger charge is 2.41. The van der Waals surface area contributed by atoms with Gasteiger partial charge in [-0.1, -0.05) is 59.0 Å². The van der Waals surface area contributed by atoms with Gasteiger partial charge in [0.05, 0.1) is 0 Å². The standard InChI is InChI=1S/C15H28OSi/c1-14(2)9-8-12(11-17(5,6)7)10-15(3,4)13(14)16/h8H,9-11H2,1-7H3. The molecule has 0 saturated heterocycles. The molecule has 0 aromatic carbocycles. The van der Waals surface area contributed by atoms with E-state index in [1.165, 1.54) is 11.6 Å². The Labute approximate surface area is 108 Å².